The van der Waals surface area contributed by atoms with Crippen molar-refractivity contribution in [2.24, 2.45) is 0 Å². The summed E-state index contributed by atoms with van der Waals surface area (Å²) < 4.78 is 39.9. The minimum absolute atomic E-state index is 0.119. The van der Waals surface area contributed by atoms with E-state index in [4.69, 9.17) is 0 Å². The van der Waals surface area contributed by atoms with Crippen LogP contribution in [0.4, 0.5) is 13.2 Å². The summed E-state index contributed by atoms with van der Waals surface area (Å²) in [6.07, 6.45) is -3.36. The Balaban J connectivity index is 1.61. The molecule has 0 radical (unpaired) electrons. The summed E-state index contributed by atoms with van der Waals surface area (Å²) in [4.78, 5) is 15.6. The molecule has 2 heterocycles. The minimum atomic E-state index is -4.85. The lowest BCUT2D eigenvalue weighted by Gasteiger charge is -2.52. The van der Waals surface area contributed by atoms with Gasteiger partial charge >= 0.3 is 12.1 Å². The molecule has 3 nitrogen and oxygen atoms in total. The molecular formula is C22H23F3N2O. The van der Waals surface area contributed by atoms with Crippen LogP contribution in [0.2, 0.25) is 0 Å². The number of amides is 1. The van der Waals surface area contributed by atoms with E-state index in [0.717, 1.165) is 22.6 Å². The molecule has 28 heavy (non-hydrogen) atoms. The van der Waals surface area contributed by atoms with Gasteiger partial charge in [0.2, 0.25) is 0 Å². The van der Waals surface area contributed by atoms with Crippen molar-refractivity contribution in [3.63, 3.8) is 0 Å². The maximum Gasteiger partial charge on any atom is 0.471 e. The molecule has 0 N–H and O–H groups in total. The first-order valence-corrected chi connectivity index (χ1v) is 9.64. The molecule has 0 saturated carbocycles. The van der Waals surface area contributed by atoms with Crippen molar-refractivity contribution in [2.45, 2.75) is 37.5 Å². The predicted octanol–water partition coefficient (Wildman–Crippen LogP) is 4.12. The SMILES string of the molecule is O=C(N1CCc2ccccc2C12CCN(Cc1ccccc1)CC2)C(F)(F)F. The average Bonchev–Trinajstić information content (AvgIpc) is 2.70. The smallest absolute Gasteiger partial charge is 0.325 e. The monoisotopic (exact) mass is 388 g/mol. The Bertz CT molecular complexity index is 842. The fraction of sp³-hybridized carbons (Fsp3) is 0.409. The van der Waals surface area contributed by atoms with Crippen LogP contribution >= 0.6 is 0 Å². The number of halogens is 3. The number of rotatable bonds is 2. The number of hydrogen-bond donors (Lipinski definition) is 0. The summed E-state index contributed by atoms with van der Waals surface area (Å²) in [6, 6.07) is 17.7. The summed E-state index contributed by atoms with van der Waals surface area (Å²) in [5.41, 5.74) is 2.27. The number of carbonyl (C=O) groups excluding carboxylic acids is 1. The molecule has 0 aliphatic carbocycles. The second kappa shape index (κ2) is 7.24. The highest BCUT2D eigenvalue weighted by molar-refractivity contribution is 5.83. The second-order valence-electron chi connectivity index (χ2n) is 7.66. The molecule has 2 aromatic carbocycles. The van der Waals surface area contributed by atoms with Crippen LogP contribution in [0.1, 0.15) is 29.5 Å². The highest BCUT2D eigenvalue weighted by Gasteiger charge is 2.53. The molecule has 0 atom stereocenters. The fourth-order valence-corrected chi connectivity index (χ4v) is 4.69. The molecule has 1 saturated heterocycles. The van der Waals surface area contributed by atoms with Crippen molar-refractivity contribution in [1.29, 1.82) is 0 Å². The van der Waals surface area contributed by atoms with Crippen LogP contribution in [-0.4, -0.2) is 41.5 Å². The van der Waals surface area contributed by atoms with E-state index < -0.39 is 17.6 Å². The van der Waals surface area contributed by atoms with E-state index in [1.165, 1.54) is 5.56 Å². The van der Waals surface area contributed by atoms with Gasteiger partial charge in [-0.2, -0.15) is 13.2 Å². The summed E-state index contributed by atoms with van der Waals surface area (Å²) in [5, 5.41) is 0. The molecule has 6 heteroatoms. The third kappa shape index (κ3) is 3.41. The Morgan fingerprint density at radius 3 is 2.25 bits per heavy atom. The number of hydrogen-bond acceptors (Lipinski definition) is 2. The van der Waals surface area contributed by atoms with Gasteiger partial charge in [-0.1, -0.05) is 54.6 Å². The van der Waals surface area contributed by atoms with E-state index >= 15 is 0 Å². The Labute approximate surface area is 162 Å². The molecule has 2 aliphatic rings. The molecular weight excluding hydrogens is 365 g/mol. The van der Waals surface area contributed by atoms with Crippen LogP contribution < -0.4 is 0 Å². The first-order chi connectivity index (χ1) is 13.4. The number of likely N-dealkylation sites (tertiary alicyclic amines) is 1. The third-order valence-electron chi connectivity index (χ3n) is 6.06. The zero-order valence-corrected chi connectivity index (χ0v) is 15.6. The van der Waals surface area contributed by atoms with E-state index in [-0.39, 0.29) is 6.54 Å². The molecule has 1 fully saturated rings. The van der Waals surface area contributed by atoms with E-state index in [2.05, 4.69) is 17.0 Å². The largest absolute Gasteiger partial charge is 0.471 e. The van der Waals surface area contributed by atoms with Gasteiger partial charge in [-0.3, -0.25) is 9.69 Å². The van der Waals surface area contributed by atoms with Crippen LogP contribution in [0.3, 0.4) is 0 Å². The number of piperidine rings is 1. The normalized spacial score (nSPS) is 19.5. The summed E-state index contributed by atoms with van der Waals surface area (Å²) in [6.45, 7) is 2.20. The van der Waals surface area contributed by atoms with Crippen molar-refractivity contribution >= 4 is 5.91 Å². The van der Waals surface area contributed by atoms with Crippen LogP contribution in [-0.2, 0) is 23.3 Å². The van der Waals surface area contributed by atoms with Crippen LogP contribution in [0.25, 0.3) is 0 Å². The lowest BCUT2D eigenvalue weighted by Crippen LogP contribution is -2.60. The molecule has 1 amide bonds. The van der Waals surface area contributed by atoms with Crippen molar-refractivity contribution in [3.05, 3.63) is 71.3 Å². The minimum Gasteiger partial charge on any atom is -0.325 e. The molecule has 4 rings (SSSR count). The second-order valence-corrected chi connectivity index (χ2v) is 7.66. The average molecular weight is 388 g/mol. The van der Waals surface area contributed by atoms with Gasteiger partial charge < -0.3 is 4.90 Å². The zero-order valence-electron chi connectivity index (χ0n) is 15.6. The quantitative estimate of drug-likeness (QED) is 0.773. The Kier molecular flexibility index (Phi) is 4.91. The predicted molar refractivity (Wildman–Crippen MR) is 101 cm³/mol. The number of alkyl halides is 3. The molecule has 2 aliphatic heterocycles. The number of nitrogens with zero attached hydrogens (tertiary/aromatic N) is 2. The Morgan fingerprint density at radius 2 is 1.57 bits per heavy atom. The molecule has 1 spiro atoms. The van der Waals surface area contributed by atoms with Gasteiger partial charge in [-0.15, -0.1) is 0 Å². The Hall–Kier alpha value is -2.34. The lowest BCUT2D eigenvalue weighted by atomic mass is 9.74. The molecule has 2 aromatic rings. The van der Waals surface area contributed by atoms with Gasteiger partial charge in [0, 0.05) is 26.2 Å². The first kappa shape index (κ1) is 19.0. The van der Waals surface area contributed by atoms with Crippen LogP contribution in [0.15, 0.2) is 54.6 Å². The fourth-order valence-electron chi connectivity index (χ4n) is 4.69. The van der Waals surface area contributed by atoms with Gasteiger partial charge in [0.15, 0.2) is 0 Å². The first-order valence-electron chi connectivity index (χ1n) is 9.64. The van der Waals surface area contributed by atoms with E-state index in [1.54, 1.807) is 0 Å². The lowest BCUT2D eigenvalue weighted by molar-refractivity contribution is -0.195. The van der Waals surface area contributed by atoms with Gasteiger partial charge in [0.05, 0.1) is 5.54 Å². The van der Waals surface area contributed by atoms with Gasteiger partial charge in [0.25, 0.3) is 0 Å². The van der Waals surface area contributed by atoms with Gasteiger partial charge in [-0.05, 0) is 36.0 Å². The van der Waals surface area contributed by atoms with Crippen molar-refractivity contribution < 1.29 is 18.0 Å². The third-order valence-corrected chi connectivity index (χ3v) is 6.06. The standard InChI is InChI=1S/C22H23F3N2O/c23-22(24,25)20(28)27-13-10-18-8-4-5-9-19(18)21(27)11-14-26(15-12-21)16-17-6-2-1-3-7-17/h1-9H,10-16H2. The topological polar surface area (TPSA) is 23.6 Å². The molecule has 0 bridgehead atoms. The Morgan fingerprint density at radius 1 is 0.929 bits per heavy atom. The van der Waals surface area contributed by atoms with E-state index in [0.29, 0.717) is 32.4 Å². The van der Waals surface area contributed by atoms with Crippen LogP contribution in [0.5, 0.6) is 0 Å². The van der Waals surface area contributed by atoms with Crippen molar-refractivity contribution in [2.75, 3.05) is 19.6 Å². The van der Waals surface area contributed by atoms with Crippen molar-refractivity contribution in [1.82, 2.24) is 9.80 Å². The van der Waals surface area contributed by atoms with E-state index in [9.17, 15) is 18.0 Å². The van der Waals surface area contributed by atoms with Gasteiger partial charge in [-0.25, -0.2) is 0 Å². The zero-order chi connectivity index (χ0) is 19.8. The maximum atomic E-state index is 13.3. The number of benzene rings is 2. The van der Waals surface area contributed by atoms with Crippen molar-refractivity contribution in [3.8, 4) is 0 Å². The number of fused-ring (bicyclic) bond motifs is 2. The summed E-state index contributed by atoms with van der Waals surface area (Å²) in [7, 11) is 0. The highest BCUT2D eigenvalue weighted by atomic mass is 19.4. The summed E-state index contributed by atoms with van der Waals surface area (Å²) >= 11 is 0. The number of carbonyl (C=O) groups is 1. The molecule has 0 unspecified atom stereocenters. The van der Waals surface area contributed by atoms with E-state index in [1.807, 2.05) is 42.5 Å². The maximum absolute atomic E-state index is 13.3. The van der Waals surface area contributed by atoms with Gasteiger partial charge in [0.1, 0.15) is 0 Å². The molecule has 148 valence electrons. The highest BCUT2D eigenvalue weighted by Crippen LogP contribution is 2.45. The summed E-state index contributed by atoms with van der Waals surface area (Å²) in [5.74, 6) is -1.71. The van der Waals surface area contributed by atoms with Crippen LogP contribution in [0, 0.1) is 0 Å². The molecule has 0 aromatic heterocycles.